The maximum Gasteiger partial charge on any atom is 0.321 e. The predicted molar refractivity (Wildman–Crippen MR) is 55.4 cm³/mol. The number of carboxylic acid groups (broad SMARTS) is 1. The maximum absolute atomic E-state index is 10.5. The van der Waals surface area contributed by atoms with E-state index in [1.807, 2.05) is 24.9 Å². The second-order valence-electron chi connectivity index (χ2n) is 3.64. The molecule has 5 nitrogen and oxygen atoms in total. The van der Waals surface area contributed by atoms with Crippen molar-refractivity contribution < 1.29 is 14.3 Å². The third-order valence-corrected chi connectivity index (χ3v) is 2.23. The van der Waals surface area contributed by atoms with Gasteiger partial charge in [-0.2, -0.15) is 0 Å². The lowest BCUT2D eigenvalue weighted by Crippen LogP contribution is -2.40. The lowest BCUT2D eigenvalue weighted by Gasteiger charge is -2.18. The molecule has 0 fully saturated rings. The number of aryl methyl sites for hydroxylation is 1. The number of aliphatic carboxylic acids is 1. The average Bonchev–Trinajstić information content (AvgIpc) is 2.51. The molecule has 1 aromatic rings. The van der Waals surface area contributed by atoms with Crippen LogP contribution in [0.15, 0.2) is 16.7 Å². The summed E-state index contributed by atoms with van der Waals surface area (Å²) in [5.74, 6) is -0.128. The van der Waals surface area contributed by atoms with Gasteiger partial charge in [-0.3, -0.25) is 9.69 Å². The van der Waals surface area contributed by atoms with Crippen LogP contribution in [0.1, 0.15) is 11.3 Å². The van der Waals surface area contributed by atoms with Crippen molar-refractivity contribution in [2.45, 2.75) is 19.5 Å². The Labute approximate surface area is 88.5 Å². The Morgan fingerprint density at radius 3 is 2.87 bits per heavy atom. The molecule has 0 spiro atoms. The predicted octanol–water partition coefficient (Wildman–Crippen LogP) is 0.432. The molecule has 1 unspecified atom stereocenters. The van der Waals surface area contributed by atoms with Crippen molar-refractivity contribution in [1.29, 1.82) is 0 Å². The van der Waals surface area contributed by atoms with E-state index in [9.17, 15) is 4.79 Å². The van der Waals surface area contributed by atoms with Crippen LogP contribution >= 0.6 is 0 Å². The Morgan fingerprint density at radius 1 is 1.73 bits per heavy atom. The molecule has 0 aliphatic rings. The lowest BCUT2D eigenvalue weighted by molar-refractivity contribution is -0.138. The largest absolute Gasteiger partial charge is 0.480 e. The molecule has 84 valence electrons. The lowest BCUT2D eigenvalue weighted by atomic mass is 10.2. The monoisotopic (exact) mass is 212 g/mol. The highest BCUT2D eigenvalue weighted by atomic mass is 16.4. The summed E-state index contributed by atoms with van der Waals surface area (Å²) < 4.78 is 5.14. The van der Waals surface area contributed by atoms with Gasteiger partial charge < -0.3 is 15.3 Å². The normalized spacial score (nSPS) is 13.1. The van der Waals surface area contributed by atoms with Crippen LogP contribution in [0, 0.1) is 6.92 Å². The zero-order valence-corrected chi connectivity index (χ0v) is 8.93. The van der Waals surface area contributed by atoms with Crippen molar-refractivity contribution in [3.63, 3.8) is 0 Å². The number of carbonyl (C=O) groups is 1. The van der Waals surface area contributed by atoms with Gasteiger partial charge in [0, 0.05) is 18.7 Å². The van der Waals surface area contributed by atoms with Crippen molar-refractivity contribution in [3.8, 4) is 0 Å². The Morgan fingerprint density at radius 2 is 2.40 bits per heavy atom. The Kier molecular flexibility index (Phi) is 3.88. The van der Waals surface area contributed by atoms with Gasteiger partial charge in [-0.1, -0.05) is 0 Å². The molecular weight excluding hydrogens is 196 g/mol. The first-order valence-corrected chi connectivity index (χ1v) is 4.70. The first-order chi connectivity index (χ1) is 7.00. The summed E-state index contributed by atoms with van der Waals surface area (Å²) >= 11 is 0. The van der Waals surface area contributed by atoms with E-state index in [2.05, 4.69) is 0 Å². The van der Waals surface area contributed by atoms with Crippen LogP contribution < -0.4 is 5.73 Å². The molecule has 1 heterocycles. The van der Waals surface area contributed by atoms with Gasteiger partial charge in [0.25, 0.3) is 0 Å². The highest BCUT2D eigenvalue weighted by Gasteiger charge is 2.14. The second-order valence-corrected chi connectivity index (χ2v) is 3.64. The van der Waals surface area contributed by atoms with Gasteiger partial charge in [-0.05, 0) is 20.0 Å². The molecule has 1 aromatic heterocycles. The van der Waals surface area contributed by atoms with Crippen LogP contribution in [0.3, 0.4) is 0 Å². The highest BCUT2D eigenvalue weighted by Crippen LogP contribution is 2.10. The summed E-state index contributed by atoms with van der Waals surface area (Å²) in [6.07, 6.45) is 1.62. The van der Waals surface area contributed by atoms with Gasteiger partial charge in [-0.25, -0.2) is 0 Å². The number of hydrogen-bond acceptors (Lipinski definition) is 4. The van der Waals surface area contributed by atoms with Gasteiger partial charge in [-0.15, -0.1) is 0 Å². The molecule has 0 aliphatic carbocycles. The van der Waals surface area contributed by atoms with E-state index >= 15 is 0 Å². The molecule has 1 atom stereocenters. The number of rotatable bonds is 5. The quantitative estimate of drug-likeness (QED) is 0.740. The first-order valence-electron chi connectivity index (χ1n) is 4.70. The van der Waals surface area contributed by atoms with Crippen molar-refractivity contribution in [3.05, 3.63) is 23.7 Å². The number of hydrogen-bond donors (Lipinski definition) is 2. The zero-order valence-electron chi connectivity index (χ0n) is 8.93. The Hall–Kier alpha value is -1.33. The summed E-state index contributed by atoms with van der Waals surface area (Å²) in [4.78, 5) is 12.4. The van der Waals surface area contributed by atoms with Crippen molar-refractivity contribution in [1.82, 2.24) is 4.90 Å². The van der Waals surface area contributed by atoms with E-state index < -0.39 is 12.0 Å². The molecule has 3 N–H and O–H groups in total. The van der Waals surface area contributed by atoms with Crippen LogP contribution in [0.2, 0.25) is 0 Å². The zero-order chi connectivity index (χ0) is 11.4. The smallest absolute Gasteiger partial charge is 0.321 e. The molecule has 0 aliphatic heterocycles. The van der Waals surface area contributed by atoms with Gasteiger partial charge in [0.2, 0.25) is 0 Å². The van der Waals surface area contributed by atoms with Crippen LogP contribution in [0.5, 0.6) is 0 Å². The fourth-order valence-corrected chi connectivity index (χ4v) is 1.34. The van der Waals surface area contributed by atoms with E-state index in [1.165, 1.54) is 0 Å². The van der Waals surface area contributed by atoms with Gasteiger partial charge in [0.05, 0.1) is 6.26 Å². The van der Waals surface area contributed by atoms with Crippen LogP contribution in [-0.2, 0) is 11.3 Å². The summed E-state index contributed by atoms with van der Waals surface area (Å²) in [6, 6.07) is 1.03. The molecule has 5 heteroatoms. The maximum atomic E-state index is 10.5. The Balaban J connectivity index is 2.46. The molecule has 0 bridgehead atoms. The molecule has 0 aromatic carbocycles. The molecule has 0 saturated heterocycles. The minimum absolute atomic E-state index is 0.319. The number of likely N-dealkylation sites (N-methyl/N-ethyl adjacent to an activating group) is 1. The third kappa shape index (κ3) is 3.38. The van der Waals surface area contributed by atoms with Crippen molar-refractivity contribution in [2.24, 2.45) is 5.73 Å². The van der Waals surface area contributed by atoms with E-state index in [1.54, 1.807) is 6.26 Å². The summed E-state index contributed by atoms with van der Waals surface area (Å²) in [6.45, 7) is 2.84. The van der Waals surface area contributed by atoms with Crippen LogP contribution in [-0.4, -0.2) is 35.6 Å². The minimum Gasteiger partial charge on any atom is -0.480 e. The summed E-state index contributed by atoms with van der Waals surface area (Å²) in [7, 11) is 1.83. The van der Waals surface area contributed by atoms with E-state index in [0.717, 1.165) is 11.3 Å². The first kappa shape index (κ1) is 11.7. The fourth-order valence-electron chi connectivity index (χ4n) is 1.34. The molecule has 1 rings (SSSR count). The molecule has 0 amide bonds. The highest BCUT2D eigenvalue weighted by molar-refractivity contribution is 5.73. The SMILES string of the molecule is Cc1occc1CN(C)CC(N)C(=O)O. The number of nitrogens with zero attached hydrogens (tertiary/aromatic N) is 1. The number of carboxylic acids is 1. The van der Waals surface area contributed by atoms with E-state index in [0.29, 0.717) is 13.1 Å². The topological polar surface area (TPSA) is 79.7 Å². The molecule has 0 radical (unpaired) electrons. The standard InChI is InChI=1S/C10H16N2O3/c1-7-8(3-4-15-7)5-12(2)6-9(11)10(13)14/h3-4,9H,5-6,11H2,1-2H3,(H,13,14). The van der Waals surface area contributed by atoms with Crippen molar-refractivity contribution in [2.75, 3.05) is 13.6 Å². The van der Waals surface area contributed by atoms with E-state index in [4.69, 9.17) is 15.3 Å². The molecular formula is C10H16N2O3. The van der Waals surface area contributed by atoms with Gasteiger partial charge in [0.1, 0.15) is 11.8 Å². The average molecular weight is 212 g/mol. The molecule has 15 heavy (non-hydrogen) atoms. The summed E-state index contributed by atoms with van der Waals surface area (Å²) in [5, 5.41) is 8.64. The van der Waals surface area contributed by atoms with Gasteiger partial charge >= 0.3 is 5.97 Å². The van der Waals surface area contributed by atoms with Crippen LogP contribution in [0.25, 0.3) is 0 Å². The number of nitrogens with two attached hydrogens (primary N) is 1. The van der Waals surface area contributed by atoms with E-state index in [-0.39, 0.29) is 0 Å². The summed E-state index contributed by atoms with van der Waals surface area (Å²) in [5.41, 5.74) is 6.47. The van der Waals surface area contributed by atoms with Gasteiger partial charge in [0.15, 0.2) is 0 Å². The van der Waals surface area contributed by atoms with Crippen LogP contribution in [0.4, 0.5) is 0 Å². The Bertz CT molecular complexity index is 335. The fraction of sp³-hybridized carbons (Fsp3) is 0.500. The van der Waals surface area contributed by atoms with Crippen molar-refractivity contribution >= 4 is 5.97 Å². The number of furan rings is 1. The molecule has 0 saturated carbocycles. The minimum atomic E-state index is -0.981. The second kappa shape index (κ2) is 4.95. The third-order valence-electron chi connectivity index (χ3n) is 2.23.